The van der Waals surface area contributed by atoms with Crippen LogP contribution in [0.5, 0.6) is 5.75 Å². The second-order valence-corrected chi connectivity index (χ2v) is 8.16. The summed E-state index contributed by atoms with van der Waals surface area (Å²) in [5.74, 6) is -0.382. The maximum atomic E-state index is 14.1. The number of carbonyl (C=O) groups is 2. The zero-order chi connectivity index (χ0) is 22.5. The van der Waals surface area contributed by atoms with E-state index < -0.39 is 5.82 Å². The minimum absolute atomic E-state index is 0.153. The van der Waals surface area contributed by atoms with Gasteiger partial charge in [0.05, 0.1) is 17.7 Å². The molecule has 0 atom stereocenters. The Morgan fingerprint density at radius 2 is 1.78 bits per heavy atom. The van der Waals surface area contributed by atoms with Gasteiger partial charge in [0.1, 0.15) is 18.1 Å². The molecule has 4 rings (SSSR count). The zero-order valence-electron chi connectivity index (χ0n) is 17.4. The molecule has 0 saturated heterocycles. The van der Waals surface area contributed by atoms with Gasteiger partial charge in [-0.05, 0) is 30.3 Å². The molecule has 0 bridgehead atoms. The summed E-state index contributed by atoms with van der Waals surface area (Å²) in [5.41, 5.74) is 1.81. The van der Waals surface area contributed by atoms with E-state index in [-0.39, 0.29) is 24.9 Å². The van der Waals surface area contributed by atoms with E-state index in [0.717, 1.165) is 10.5 Å². The van der Waals surface area contributed by atoms with E-state index in [1.165, 1.54) is 28.8 Å². The van der Waals surface area contributed by atoms with Crippen molar-refractivity contribution in [1.82, 2.24) is 5.32 Å². The predicted molar refractivity (Wildman–Crippen MR) is 124 cm³/mol. The standard InChI is InChI=1S/C25H21FN2O3S/c1-31-21-12-6-3-9-18(21)15-27-24(29)16-28-20-11-5-7-13-22(20)32-23(25(28)30)14-17-8-2-4-10-19(17)26/h2-14H,15-16H2,1H3,(H,27,29). The summed E-state index contributed by atoms with van der Waals surface area (Å²) in [4.78, 5) is 28.6. The monoisotopic (exact) mass is 448 g/mol. The number of hydrogen-bond donors (Lipinski definition) is 1. The minimum Gasteiger partial charge on any atom is -0.496 e. The van der Waals surface area contributed by atoms with Crippen LogP contribution in [0.2, 0.25) is 0 Å². The van der Waals surface area contributed by atoms with Crippen LogP contribution >= 0.6 is 11.8 Å². The van der Waals surface area contributed by atoms with Crippen LogP contribution in [0.3, 0.4) is 0 Å². The number of ether oxygens (including phenoxy) is 1. The lowest BCUT2D eigenvalue weighted by Gasteiger charge is -2.29. The highest BCUT2D eigenvalue weighted by Gasteiger charge is 2.30. The van der Waals surface area contributed by atoms with Gasteiger partial charge < -0.3 is 10.1 Å². The van der Waals surface area contributed by atoms with Crippen LogP contribution in [0.4, 0.5) is 10.1 Å². The average Bonchev–Trinajstić information content (AvgIpc) is 2.82. The first-order valence-electron chi connectivity index (χ1n) is 10.0. The lowest BCUT2D eigenvalue weighted by molar-refractivity contribution is -0.122. The Labute approximate surface area is 189 Å². The number of benzene rings is 3. The molecule has 0 unspecified atom stereocenters. The van der Waals surface area contributed by atoms with Crippen molar-refractivity contribution in [3.63, 3.8) is 0 Å². The smallest absolute Gasteiger partial charge is 0.265 e. The summed E-state index contributed by atoms with van der Waals surface area (Å²) >= 11 is 1.27. The van der Waals surface area contributed by atoms with Crippen LogP contribution in [0.25, 0.3) is 6.08 Å². The van der Waals surface area contributed by atoms with E-state index >= 15 is 0 Å². The van der Waals surface area contributed by atoms with E-state index in [1.54, 1.807) is 31.4 Å². The quantitative estimate of drug-likeness (QED) is 0.559. The number of hydrogen-bond acceptors (Lipinski definition) is 4. The van der Waals surface area contributed by atoms with Crippen LogP contribution in [-0.4, -0.2) is 25.5 Å². The van der Waals surface area contributed by atoms with Crippen molar-refractivity contribution in [2.24, 2.45) is 0 Å². The van der Waals surface area contributed by atoms with E-state index in [4.69, 9.17) is 4.74 Å². The highest BCUT2D eigenvalue weighted by molar-refractivity contribution is 8.04. The first-order chi connectivity index (χ1) is 15.6. The molecule has 1 heterocycles. The molecule has 0 spiro atoms. The molecule has 0 saturated carbocycles. The van der Waals surface area contributed by atoms with E-state index in [2.05, 4.69) is 5.32 Å². The Kier molecular flexibility index (Phi) is 6.56. The molecule has 0 aromatic heterocycles. The largest absolute Gasteiger partial charge is 0.496 e. The maximum absolute atomic E-state index is 14.1. The molecule has 1 aliphatic rings. The molecule has 7 heteroatoms. The fraction of sp³-hybridized carbons (Fsp3) is 0.120. The third-order valence-corrected chi connectivity index (χ3v) is 6.07. The van der Waals surface area contributed by atoms with Crippen LogP contribution in [0, 0.1) is 5.82 Å². The van der Waals surface area contributed by atoms with Gasteiger partial charge in [-0.15, -0.1) is 0 Å². The Hall–Kier alpha value is -3.58. The number of nitrogens with zero attached hydrogens (tertiary/aromatic N) is 1. The number of thioether (sulfide) groups is 1. The molecule has 0 aliphatic carbocycles. The first-order valence-corrected chi connectivity index (χ1v) is 10.8. The van der Waals surface area contributed by atoms with Crippen molar-refractivity contribution >= 4 is 35.3 Å². The summed E-state index contributed by atoms with van der Waals surface area (Å²) < 4.78 is 19.5. The molecule has 162 valence electrons. The van der Waals surface area contributed by atoms with Gasteiger partial charge in [-0.25, -0.2) is 4.39 Å². The summed E-state index contributed by atoms with van der Waals surface area (Å²) in [6.45, 7) is 0.124. The topological polar surface area (TPSA) is 58.6 Å². The van der Waals surface area contributed by atoms with Crippen LogP contribution < -0.4 is 15.0 Å². The number of para-hydroxylation sites is 2. The summed E-state index contributed by atoms with van der Waals surface area (Å²) in [6, 6.07) is 21.0. The third kappa shape index (κ3) is 4.68. The summed E-state index contributed by atoms with van der Waals surface area (Å²) in [5, 5.41) is 2.85. The van der Waals surface area contributed by atoms with E-state index in [9.17, 15) is 14.0 Å². The summed E-state index contributed by atoms with van der Waals surface area (Å²) in [7, 11) is 1.57. The maximum Gasteiger partial charge on any atom is 0.265 e. The lowest BCUT2D eigenvalue weighted by Crippen LogP contribution is -2.42. The van der Waals surface area contributed by atoms with Crippen LogP contribution in [0.1, 0.15) is 11.1 Å². The Bertz CT molecular complexity index is 1200. The lowest BCUT2D eigenvalue weighted by atomic mass is 10.2. The number of anilines is 1. The van der Waals surface area contributed by atoms with Crippen molar-refractivity contribution in [3.05, 3.63) is 94.6 Å². The molecule has 3 aromatic carbocycles. The normalized spacial score (nSPS) is 14.2. The predicted octanol–water partition coefficient (Wildman–Crippen LogP) is 4.63. The number of carbonyl (C=O) groups excluding carboxylic acids is 2. The molecule has 0 radical (unpaired) electrons. The first kappa shape index (κ1) is 21.6. The van der Waals surface area contributed by atoms with Gasteiger partial charge in [0.2, 0.25) is 5.91 Å². The van der Waals surface area contributed by atoms with Crippen molar-refractivity contribution in [2.45, 2.75) is 11.4 Å². The Balaban J connectivity index is 1.56. The molecular formula is C25H21FN2O3S. The average molecular weight is 449 g/mol. The number of nitrogens with one attached hydrogen (secondary N) is 1. The summed E-state index contributed by atoms with van der Waals surface area (Å²) in [6.07, 6.45) is 1.53. The zero-order valence-corrected chi connectivity index (χ0v) is 18.2. The van der Waals surface area contributed by atoms with Crippen molar-refractivity contribution < 1.29 is 18.7 Å². The fourth-order valence-corrected chi connectivity index (χ4v) is 4.44. The van der Waals surface area contributed by atoms with Crippen molar-refractivity contribution in [2.75, 3.05) is 18.6 Å². The van der Waals surface area contributed by atoms with Gasteiger partial charge in [0.25, 0.3) is 5.91 Å². The van der Waals surface area contributed by atoms with Gasteiger partial charge in [-0.2, -0.15) is 0 Å². The highest BCUT2D eigenvalue weighted by atomic mass is 32.2. The van der Waals surface area contributed by atoms with Gasteiger partial charge in [-0.1, -0.05) is 60.3 Å². The molecule has 1 N–H and O–H groups in total. The van der Waals surface area contributed by atoms with Crippen molar-refractivity contribution in [1.29, 1.82) is 0 Å². The van der Waals surface area contributed by atoms with E-state index in [1.807, 2.05) is 42.5 Å². The molecule has 1 aliphatic heterocycles. The number of halogens is 1. The van der Waals surface area contributed by atoms with Gasteiger partial charge >= 0.3 is 0 Å². The number of rotatable bonds is 6. The molecule has 32 heavy (non-hydrogen) atoms. The molecule has 2 amide bonds. The SMILES string of the molecule is COc1ccccc1CNC(=O)CN1C(=O)C(=Cc2ccccc2F)Sc2ccccc21. The highest BCUT2D eigenvalue weighted by Crippen LogP contribution is 2.42. The number of methoxy groups -OCH3 is 1. The second kappa shape index (κ2) is 9.70. The van der Waals surface area contributed by atoms with Crippen molar-refractivity contribution in [3.8, 4) is 5.75 Å². The third-order valence-electron chi connectivity index (χ3n) is 4.99. The van der Waals surface area contributed by atoms with Gasteiger partial charge in [-0.3, -0.25) is 14.5 Å². The molecule has 0 fully saturated rings. The number of amides is 2. The fourth-order valence-electron chi connectivity index (χ4n) is 3.39. The van der Waals surface area contributed by atoms with E-state index in [0.29, 0.717) is 21.9 Å². The number of fused-ring (bicyclic) bond motifs is 1. The second-order valence-electron chi connectivity index (χ2n) is 7.08. The van der Waals surface area contributed by atoms with Gasteiger partial charge in [0.15, 0.2) is 0 Å². The minimum atomic E-state index is -0.409. The van der Waals surface area contributed by atoms with Crippen LogP contribution in [0.15, 0.2) is 82.6 Å². The Morgan fingerprint density at radius 3 is 2.59 bits per heavy atom. The molecular weight excluding hydrogens is 427 g/mol. The molecule has 3 aromatic rings. The molecule has 5 nitrogen and oxygen atoms in total. The Morgan fingerprint density at radius 1 is 1.06 bits per heavy atom. The van der Waals surface area contributed by atoms with Gasteiger partial charge in [0, 0.05) is 22.6 Å². The van der Waals surface area contributed by atoms with Crippen LogP contribution in [-0.2, 0) is 16.1 Å².